The summed E-state index contributed by atoms with van der Waals surface area (Å²) in [5, 5.41) is 5.70. The zero-order valence-corrected chi connectivity index (χ0v) is 15.4. The maximum atomic E-state index is 12.0. The van der Waals surface area contributed by atoms with Crippen molar-refractivity contribution in [2.45, 2.75) is 19.5 Å². The highest BCUT2D eigenvalue weighted by atomic mass is 16.5. The number of methoxy groups -OCH3 is 1. The van der Waals surface area contributed by atoms with Crippen LogP contribution in [-0.4, -0.2) is 7.11 Å². The summed E-state index contributed by atoms with van der Waals surface area (Å²) in [5.41, 5.74) is 2.48. The number of benzene rings is 3. The number of rotatable bonds is 5. The molecule has 1 atom stereocenters. The Hall–Kier alpha value is -3.11. The second kappa shape index (κ2) is 7.25. The van der Waals surface area contributed by atoms with Gasteiger partial charge in [0.15, 0.2) is 0 Å². The summed E-state index contributed by atoms with van der Waals surface area (Å²) >= 11 is 0. The van der Waals surface area contributed by atoms with E-state index in [9.17, 15) is 4.79 Å². The molecule has 0 aliphatic heterocycles. The van der Waals surface area contributed by atoms with Crippen molar-refractivity contribution < 1.29 is 14.5 Å². The van der Waals surface area contributed by atoms with Crippen molar-refractivity contribution in [1.29, 1.82) is 0 Å². The van der Waals surface area contributed by atoms with E-state index in [2.05, 4.69) is 54.7 Å². The van der Waals surface area contributed by atoms with Gasteiger partial charge in [-0.2, -0.15) is 0 Å². The van der Waals surface area contributed by atoms with Crippen LogP contribution in [0.15, 0.2) is 75.9 Å². The van der Waals surface area contributed by atoms with Crippen molar-refractivity contribution in [1.82, 2.24) is 0 Å². The first kappa shape index (κ1) is 17.3. The molecule has 4 nitrogen and oxygen atoms in total. The zero-order valence-electron chi connectivity index (χ0n) is 15.4. The monoisotopic (exact) mass is 360 g/mol. The van der Waals surface area contributed by atoms with Gasteiger partial charge in [-0.15, -0.1) is 0 Å². The Bertz CT molecular complexity index is 1160. The first-order valence-corrected chi connectivity index (χ1v) is 9.07. The van der Waals surface area contributed by atoms with Crippen LogP contribution in [0.2, 0.25) is 0 Å². The van der Waals surface area contributed by atoms with Gasteiger partial charge in [-0.25, -0.2) is 4.79 Å². The van der Waals surface area contributed by atoms with Crippen LogP contribution in [0.4, 0.5) is 0 Å². The lowest BCUT2D eigenvalue weighted by Crippen LogP contribution is -2.83. The van der Waals surface area contributed by atoms with E-state index in [1.54, 1.807) is 19.2 Å². The molecule has 136 valence electrons. The molecule has 1 aromatic heterocycles. The standard InChI is InChI=1S/C23H21NO3/c1-15(19-9-5-7-16-6-3-4-8-20(16)19)24-14-17-12-23(25)27-22-13-18(26-2)10-11-21(17)22/h3-13,15,24H,14H2,1-2H3/p+1/t15-/m1/s1. The van der Waals surface area contributed by atoms with E-state index in [1.165, 1.54) is 16.3 Å². The largest absolute Gasteiger partial charge is 0.497 e. The lowest BCUT2D eigenvalue weighted by atomic mass is 9.99. The van der Waals surface area contributed by atoms with Gasteiger partial charge < -0.3 is 14.5 Å². The molecule has 27 heavy (non-hydrogen) atoms. The number of hydrogen-bond donors (Lipinski definition) is 1. The maximum Gasteiger partial charge on any atom is 0.336 e. The number of ether oxygens (including phenoxy) is 1. The van der Waals surface area contributed by atoms with Crippen molar-refractivity contribution in [2.24, 2.45) is 0 Å². The Labute approximate surface area is 157 Å². The summed E-state index contributed by atoms with van der Waals surface area (Å²) in [6, 6.07) is 22.3. The van der Waals surface area contributed by atoms with Crippen molar-refractivity contribution in [3.63, 3.8) is 0 Å². The molecule has 4 rings (SSSR count). The summed E-state index contributed by atoms with van der Waals surface area (Å²) in [6.07, 6.45) is 0. The average molecular weight is 360 g/mol. The second-order valence-electron chi connectivity index (χ2n) is 6.75. The van der Waals surface area contributed by atoms with Crippen LogP contribution in [0, 0.1) is 0 Å². The lowest BCUT2D eigenvalue weighted by molar-refractivity contribution is -0.707. The van der Waals surface area contributed by atoms with Gasteiger partial charge >= 0.3 is 5.63 Å². The summed E-state index contributed by atoms with van der Waals surface area (Å²) in [7, 11) is 1.60. The molecule has 0 amide bonds. The summed E-state index contributed by atoms with van der Waals surface area (Å²) in [6.45, 7) is 2.89. The van der Waals surface area contributed by atoms with Gasteiger partial charge in [-0.1, -0.05) is 42.5 Å². The Morgan fingerprint density at radius 1 is 1.00 bits per heavy atom. The molecule has 0 aliphatic carbocycles. The number of fused-ring (bicyclic) bond motifs is 2. The fraction of sp³-hybridized carbons (Fsp3) is 0.174. The number of quaternary nitrogens is 1. The second-order valence-corrected chi connectivity index (χ2v) is 6.75. The van der Waals surface area contributed by atoms with Gasteiger partial charge in [0.05, 0.1) is 7.11 Å². The van der Waals surface area contributed by atoms with E-state index in [-0.39, 0.29) is 11.7 Å². The highest BCUT2D eigenvalue weighted by Gasteiger charge is 2.14. The Balaban J connectivity index is 1.64. The molecule has 3 aromatic carbocycles. The molecular formula is C23H22NO3+. The minimum Gasteiger partial charge on any atom is -0.497 e. The fourth-order valence-electron chi connectivity index (χ4n) is 3.58. The minimum absolute atomic E-state index is 0.261. The van der Waals surface area contributed by atoms with E-state index in [0.29, 0.717) is 17.9 Å². The molecule has 0 saturated heterocycles. The summed E-state index contributed by atoms with van der Waals surface area (Å²) in [5.74, 6) is 0.677. The first-order valence-electron chi connectivity index (χ1n) is 9.07. The van der Waals surface area contributed by atoms with E-state index >= 15 is 0 Å². The molecule has 2 N–H and O–H groups in total. The quantitative estimate of drug-likeness (QED) is 0.551. The van der Waals surface area contributed by atoms with Gasteiger partial charge in [0.1, 0.15) is 23.9 Å². The Kier molecular flexibility index (Phi) is 4.65. The van der Waals surface area contributed by atoms with E-state index in [0.717, 1.165) is 10.9 Å². The van der Waals surface area contributed by atoms with Gasteiger partial charge in [-0.3, -0.25) is 0 Å². The molecule has 0 radical (unpaired) electrons. The number of hydrogen-bond acceptors (Lipinski definition) is 3. The zero-order chi connectivity index (χ0) is 18.8. The van der Waals surface area contributed by atoms with E-state index in [4.69, 9.17) is 9.15 Å². The van der Waals surface area contributed by atoms with Crippen molar-refractivity contribution in [3.8, 4) is 5.75 Å². The van der Waals surface area contributed by atoms with Gasteiger partial charge in [0.25, 0.3) is 0 Å². The van der Waals surface area contributed by atoms with Crippen LogP contribution in [0.25, 0.3) is 21.7 Å². The van der Waals surface area contributed by atoms with Gasteiger partial charge in [0, 0.05) is 28.6 Å². The van der Waals surface area contributed by atoms with Crippen LogP contribution in [0.1, 0.15) is 24.1 Å². The molecule has 4 aromatic rings. The van der Waals surface area contributed by atoms with E-state index < -0.39 is 0 Å². The molecule has 0 spiro atoms. The van der Waals surface area contributed by atoms with Gasteiger partial charge in [0.2, 0.25) is 0 Å². The van der Waals surface area contributed by atoms with Crippen molar-refractivity contribution >= 4 is 21.7 Å². The lowest BCUT2D eigenvalue weighted by Gasteiger charge is -2.14. The Morgan fingerprint density at radius 3 is 2.67 bits per heavy atom. The van der Waals surface area contributed by atoms with Gasteiger partial charge in [-0.05, 0) is 29.8 Å². The molecule has 4 heteroatoms. The third kappa shape index (κ3) is 3.44. The maximum absolute atomic E-state index is 12.0. The van der Waals surface area contributed by atoms with Crippen LogP contribution >= 0.6 is 0 Å². The first-order chi connectivity index (χ1) is 13.2. The molecule has 0 saturated carbocycles. The SMILES string of the molecule is COc1ccc2c(C[NH2+][C@H](C)c3cccc4ccccc34)cc(=O)oc2c1. The molecule has 1 heterocycles. The van der Waals surface area contributed by atoms with Crippen molar-refractivity contribution in [3.05, 3.63) is 88.3 Å². The van der Waals surface area contributed by atoms with E-state index in [1.807, 2.05) is 12.1 Å². The van der Waals surface area contributed by atoms with Crippen LogP contribution in [-0.2, 0) is 6.54 Å². The van der Waals surface area contributed by atoms with Crippen LogP contribution < -0.4 is 15.7 Å². The number of nitrogens with two attached hydrogens (primary N) is 1. The molecule has 0 aliphatic rings. The molecule has 0 fully saturated rings. The minimum atomic E-state index is -0.336. The molecular weight excluding hydrogens is 338 g/mol. The highest BCUT2D eigenvalue weighted by Crippen LogP contribution is 2.24. The highest BCUT2D eigenvalue weighted by molar-refractivity contribution is 5.86. The van der Waals surface area contributed by atoms with Crippen LogP contribution in [0.3, 0.4) is 0 Å². The predicted octanol–water partition coefficient (Wildman–Crippen LogP) is 3.78. The third-order valence-electron chi connectivity index (χ3n) is 5.04. The molecule has 0 unspecified atom stereocenters. The third-order valence-corrected chi connectivity index (χ3v) is 5.04. The smallest absolute Gasteiger partial charge is 0.336 e. The topological polar surface area (TPSA) is 56.0 Å². The normalized spacial score (nSPS) is 12.4. The van der Waals surface area contributed by atoms with Crippen molar-refractivity contribution in [2.75, 3.05) is 7.11 Å². The summed E-state index contributed by atoms with van der Waals surface area (Å²) in [4.78, 5) is 12.0. The molecule has 0 bridgehead atoms. The van der Waals surface area contributed by atoms with Crippen LogP contribution in [0.5, 0.6) is 5.75 Å². The average Bonchev–Trinajstić information content (AvgIpc) is 2.70. The summed E-state index contributed by atoms with van der Waals surface area (Å²) < 4.78 is 10.6. The Morgan fingerprint density at radius 2 is 1.81 bits per heavy atom. The predicted molar refractivity (Wildman–Crippen MR) is 107 cm³/mol. The fourth-order valence-corrected chi connectivity index (χ4v) is 3.58.